The molecule has 4 heterocycles. The first-order chi connectivity index (χ1) is 16.3. The summed E-state index contributed by atoms with van der Waals surface area (Å²) in [5.74, 6) is 0.509. The lowest BCUT2D eigenvalue weighted by molar-refractivity contribution is -0.147. The smallest absolute Gasteiger partial charge is 0.223 e. The molecule has 2 aliphatic heterocycles. The quantitative estimate of drug-likeness (QED) is 0.639. The molecule has 1 amide bonds. The molecule has 10 nitrogen and oxygen atoms in total. The van der Waals surface area contributed by atoms with E-state index in [1.165, 1.54) is 0 Å². The summed E-state index contributed by atoms with van der Waals surface area (Å²) in [5.41, 5.74) is 2.92. The highest BCUT2D eigenvalue weighted by Gasteiger charge is 2.54. The van der Waals surface area contributed by atoms with Crippen molar-refractivity contribution in [3.05, 3.63) is 18.0 Å². The fraction of sp³-hybridized carbons (Fsp3) is 0.652. The van der Waals surface area contributed by atoms with Crippen LogP contribution in [0.1, 0.15) is 57.4 Å². The molecule has 3 fully saturated rings. The maximum Gasteiger partial charge on any atom is 0.223 e. The number of aromatic nitrogens is 3. The molecule has 182 valence electrons. The van der Waals surface area contributed by atoms with Crippen LogP contribution in [0.4, 0.5) is 5.69 Å². The predicted octanol–water partition coefficient (Wildman–Crippen LogP) is 1.99. The lowest BCUT2D eigenvalue weighted by Crippen LogP contribution is -2.50. The average molecular weight is 487 g/mol. The number of amides is 1. The summed E-state index contributed by atoms with van der Waals surface area (Å²) >= 11 is 0. The van der Waals surface area contributed by atoms with Gasteiger partial charge in [0.15, 0.2) is 5.65 Å². The van der Waals surface area contributed by atoms with E-state index in [0.29, 0.717) is 44.7 Å². The Morgan fingerprint density at radius 1 is 1.18 bits per heavy atom. The number of oxime groups is 1. The van der Waals surface area contributed by atoms with Crippen LogP contribution in [0.5, 0.6) is 0 Å². The lowest BCUT2D eigenvalue weighted by atomic mass is 9.68. The Morgan fingerprint density at radius 2 is 1.94 bits per heavy atom. The monoisotopic (exact) mass is 486 g/mol. The van der Waals surface area contributed by atoms with Gasteiger partial charge in [0, 0.05) is 55.6 Å². The van der Waals surface area contributed by atoms with Gasteiger partial charge in [0.2, 0.25) is 5.91 Å². The summed E-state index contributed by atoms with van der Waals surface area (Å²) < 4.78 is 25.7. The zero-order valence-corrected chi connectivity index (χ0v) is 20.1. The lowest BCUT2D eigenvalue weighted by Gasteiger charge is -2.41. The molecule has 4 aliphatic rings. The van der Waals surface area contributed by atoms with Gasteiger partial charge in [-0.05, 0) is 32.6 Å². The van der Waals surface area contributed by atoms with E-state index >= 15 is 0 Å². The van der Waals surface area contributed by atoms with E-state index in [0.717, 1.165) is 40.8 Å². The molecule has 0 bridgehead atoms. The van der Waals surface area contributed by atoms with Crippen LogP contribution in [-0.2, 0) is 26.0 Å². The van der Waals surface area contributed by atoms with Crippen molar-refractivity contribution in [3.8, 4) is 0 Å². The fourth-order valence-corrected chi connectivity index (χ4v) is 6.82. The zero-order valence-electron chi connectivity index (χ0n) is 19.3. The van der Waals surface area contributed by atoms with E-state index in [4.69, 9.17) is 4.84 Å². The molecule has 0 atom stereocenters. The Balaban J connectivity index is 1.23. The van der Waals surface area contributed by atoms with Crippen molar-refractivity contribution in [1.82, 2.24) is 20.1 Å². The number of nitrogens with zero attached hydrogens (tertiary/aromatic N) is 4. The molecule has 0 unspecified atom stereocenters. The minimum Gasteiger partial charge on any atom is -0.388 e. The Morgan fingerprint density at radius 3 is 2.65 bits per heavy atom. The number of anilines is 1. The summed E-state index contributed by atoms with van der Waals surface area (Å²) in [5, 5.41) is 16.5. The largest absolute Gasteiger partial charge is 0.388 e. The van der Waals surface area contributed by atoms with Crippen molar-refractivity contribution < 1.29 is 18.0 Å². The molecule has 2 aromatic rings. The standard InChI is InChI=1S/C23H30N6O4S/c1-2-29-21-18(13-25-29)20(26-16-5-7-34(31,32)8-6-16)17(12-24-21)19-11-23(33-28-19)9-14(10-23)22(30)27-15-3-4-15/h12-16H,2-11H2,1H3,(H,24,26)(H,27,30). The SMILES string of the molecule is CCn1ncc2c(NC3CCS(=O)(=O)CC3)c(C3=NOC4(C3)CC(C(=O)NC3CC3)C4)cnc21. The number of carbonyl (C=O) groups excluding carboxylic acids is 1. The van der Waals surface area contributed by atoms with Gasteiger partial charge in [0.05, 0.1) is 34.5 Å². The molecule has 2 aromatic heterocycles. The third kappa shape index (κ3) is 3.93. The summed E-state index contributed by atoms with van der Waals surface area (Å²) in [7, 11) is -2.95. The summed E-state index contributed by atoms with van der Waals surface area (Å²) in [4.78, 5) is 23.0. The first-order valence-corrected chi connectivity index (χ1v) is 14.0. The van der Waals surface area contributed by atoms with Crippen LogP contribution in [-0.4, -0.2) is 64.0 Å². The second-order valence-electron chi connectivity index (χ2n) is 10.2. The van der Waals surface area contributed by atoms with Crippen LogP contribution >= 0.6 is 0 Å². The normalized spacial score (nSPS) is 24.0. The molecule has 2 saturated carbocycles. The van der Waals surface area contributed by atoms with Gasteiger partial charge in [-0.25, -0.2) is 18.1 Å². The molecular formula is C23H30N6O4S. The zero-order chi connectivity index (χ0) is 23.5. The number of hydrogen-bond donors (Lipinski definition) is 2. The topological polar surface area (TPSA) is 128 Å². The number of pyridine rings is 1. The molecule has 34 heavy (non-hydrogen) atoms. The predicted molar refractivity (Wildman–Crippen MR) is 127 cm³/mol. The van der Waals surface area contributed by atoms with Gasteiger partial charge in [-0.3, -0.25) is 4.79 Å². The highest BCUT2D eigenvalue weighted by Crippen LogP contribution is 2.48. The van der Waals surface area contributed by atoms with Gasteiger partial charge >= 0.3 is 0 Å². The van der Waals surface area contributed by atoms with Gasteiger partial charge in [0.1, 0.15) is 15.4 Å². The van der Waals surface area contributed by atoms with E-state index in [-0.39, 0.29) is 29.4 Å². The van der Waals surface area contributed by atoms with Crippen LogP contribution in [0.3, 0.4) is 0 Å². The highest BCUT2D eigenvalue weighted by molar-refractivity contribution is 7.91. The van der Waals surface area contributed by atoms with Crippen molar-refractivity contribution >= 4 is 38.2 Å². The Kier molecular flexibility index (Phi) is 5.09. The number of fused-ring (bicyclic) bond motifs is 1. The maximum atomic E-state index is 12.4. The summed E-state index contributed by atoms with van der Waals surface area (Å²) in [6.45, 7) is 2.72. The fourth-order valence-electron chi connectivity index (χ4n) is 5.33. The second-order valence-corrected chi connectivity index (χ2v) is 12.5. The Bertz CT molecular complexity index is 1260. The van der Waals surface area contributed by atoms with Crippen molar-refractivity contribution in [2.24, 2.45) is 11.1 Å². The number of aryl methyl sites for hydroxylation is 1. The maximum absolute atomic E-state index is 12.4. The van der Waals surface area contributed by atoms with Gasteiger partial charge in [0.25, 0.3) is 0 Å². The minimum atomic E-state index is -2.95. The molecule has 2 N–H and O–H groups in total. The van der Waals surface area contributed by atoms with Crippen LogP contribution in [0, 0.1) is 5.92 Å². The van der Waals surface area contributed by atoms with Crippen LogP contribution in [0.15, 0.2) is 17.5 Å². The van der Waals surface area contributed by atoms with E-state index in [2.05, 4.69) is 25.9 Å². The molecule has 11 heteroatoms. The first-order valence-electron chi connectivity index (χ1n) is 12.2. The summed E-state index contributed by atoms with van der Waals surface area (Å²) in [6, 6.07) is 0.416. The van der Waals surface area contributed by atoms with Gasteiger partial charge in [-0.1, -0.05) is 5.16 Å². The second kappa shape index (κ2) is 7.93. The first kappa shape index (κ1) is 21.8. The molecule has 6 rings (SSSR count). The molecule has 2 aliphatic carbocycles. The van der Waals surface area contributed by atoms with Crippen molar-refractivity contribution in [1.29, 1.82) is 0 Å². The number of rotatable bonds is 6. The van der Waals surface area contributed by atoms with Crippen molar-refractivity contribution in [2.45, 2.75) is 76.1 Å². The van der Waals surface area contributed by atoms with Crippen LogP contribution in [0.25, 0.3) is 11.0 Å². The molecular weight excluding hydrogens is 456 g/mol. The number of sulfone groups is 1. The average Bonchev–Trinajstić information content (AvgIpc) is 3.32. The Hall–Kier alpha value is -2.69. The van der Waals surface area contributed by atoms with E-state index < -0.39 is 15.4 Å². The van der Waals surface area contributed by atoms with Gasteiger partial charge < -0.3 is 15.5 Å². The molecule has 0 radical (unpaired) electrons. The summed E-state index contributed by atoms with van der Waals surface area (Å²) in [6.07, 6.45) is 8.90. The number of carbonyl (C=O) groups is 1. The van der Waals surface area contributed by atoms with Crippen molar-refractivity contribution in [3.63, 3.8) is 0 Å². The molecule has 1 saturated heterocycles. The van der Waals surface area contributed by atoms with E-state index in [9.17, 15) is 13.2 Å². The molecule has 0 aromatic carbocycles. The number of hydrogen-bond acceptors (Lipinski definition) is 8. The highest BCUT2D eigenvalue weighted by atomic mass is 32.2. The number of nitrogens with one attached hydrogen (secondary N) is 2. The van der Waals surface area contributed by atoms with Crippen molar-refractivity contribution in [2.75, 3.05) is 16.8 Å². The molecule has 1 spiro atoms. The third-order valence-corrected chi connectivity index (χ3v) is 9.27. The minimum absolute atomic E-state index is 0.0136. The van der Waals surface area contributed by atoms with Crippen LogP contribution < -0.4 is 10.6 Å². The van der Waals surface area contributed by atoms with Gasteiger partial charge in [-0.15, -0.1) is 0 Å². The third-order valence-electron chi connectivity index (χ3n) is 7.55. The van der Waals surface area contributed by atoms with Gasteiger partial charge in [-0.2, -0.15) is 5.10 Å². The van der Waals surface area contributed by atoms with E-state index in [1.807, 2.05) is 24.0 Å². The van der Waals surface area contributed by atoms with E-state index in [1.54, 1.807) is 0 Å². The van der Waals surface area contributed by atoms with Crippen LogP contribution in [0.2, 0.25) is 0 Å². The Labute approximate surface area is 198 Å².